The predicted molar refractivity (Wildman–Crippen MR) is 69.5 cm³/mol. The highest BCUT2D eigenvalue weighted by atomic mass is 16.3. The maximum Gasteiger partial charge on any atom is 0.116 e. The number of phenolic OH excluding ortho intramolecular Hbond substituents is 1. The summed E-state index contributed by atoms with van der Waals surface area (Å²) in [6.07, 6.45) is 0. The Morgan fingerprint density at radius 1 is 1.18 bits per heavy atom. The Kier molecular flexibility index (Phi) is 3.11. The van der Waals surface area contributed by atoms with E-state index < -0.39 is 0 Å². The monoisotopic (exact) mass is 233 g/mol. The molecular formula is C14H19NO2. The van der Waals surface area contributed by atoms with Gasteiger partial charge in [-0.3, -0.25) is 0 Å². The van der Waals surface area contributed by atoms with E-state index in [1.165, 1.54) is 0 Å². The summed E-state index contributed by atoms with van der Waals surface area (Å²) in [7, 11) is 0. The van der Waals surface area contributed by atoms with Crippen molar-refractivity contribution in [3.63, 3.8) is 0 Å². The van der Waals surface area contributed by atoms with E-state index in [4.69, 9.17) is 0 Å². The molecule has 0 aliphatic carbocycles. The first-order chi connectivity index (χ1) is 8.04. The Morgan fingerprint density at radius 2 is 1.88 bits per heavy atom. The summed E-state index contributed by atoms with van der Waals surface area (Å²) >= 11 is 0. The van der Waals surface area contributed by atoms with E-state index >= 15 is 0 Å². The highest BCUT2D eigenvalue weighted by Gasteiger charge is 2.16. The number of rotatable bonds is 3. The molecule has 2 aromatic rings. The van der Waals surface area contributed by atoms with E-state index in [1.807, 2.05) is 13.0 Å². The summed E-state index contributed by atoms with van der Waals surface area (Å²) in [6, 6.07) is 7.78. The standard InChI is InChI=1S/C14H19NO2/c1-9(2)15-13-5-4-12(17)6-11(13)7-14(15)10(3)8-16/h4-7,9-10,16-17H,8H2,1-3H3. The minimum absolute atomic E-state index is 0.104. The topological polar surface area (TPSA) is 45.4 Å². The molecule has 0 spiro atoms. The van der Waals surface area contributed by atoms with E-state index in [2.05, 4.69) is 24.5 Å². The first-order valence-corrected chi connectivity index (χ1v) is 5.99. The maximum atomic E-state index is 9.51. The molecule has 0 amide bonds. The van der Waals surface area contributed by atoms with Crippen molar-refractivity contribution in [3.8, 4) is 5.75 Å². The third-order valence-corrected chi connectivity index (χ3v) is 3.15. The molecule has 1 heterocycles. The molecule has 2 rings (SSSR count). The van der Waals surface area contributed by atoms with Gasteiger partial charge in [-0.2, -0.15) is 0 Å². The second kappa shape index (κ2) is 4.41. The van der Waals surface area contributed by atoms with Gasteiger partial charge in [0, 0.05) is 28.6 Å². The SMILES string of the molecule is CC(CO)c1cc2cc(O)ccc2n1C(C)C. The van der Waals surface area contributed by atoms with Gasteiger partial charge in [0.25, 0.3) is 0 Å². The van der Waals surface area contributed by atoms with Crippen LogP contribution in [0.1, 0.15) is 38.4 Å². The molecule has 0 aliphatic heterocycles. The third-order valence-electron chi connectivity index (χ3n) is 3.15. The summed E-state index contributed by atoms with van der Waals surface area (Å²) in [5.41, 5.74) is 2.22. The fraction of sp³-hybridized carbons (Fsp3) is 0.429. The number of hydrogen-bond donors (Lipinski definition) is 2. The Labute approximate surface area is 101 Å². The van der Waals surface area contributed by atoms with Crippen LogP contribution >= 0.6 is 0 Å². The van der Waals surface area contributed by atoms with Crippen molar-refractivity contribution >= 4 is 10.9 Å². The van der Waals surface area contributed by atoms with Crippen molar-refractivity contribution in [2.45, 2.75) is 32.7 Å². The normalized spacial score (nSPS) is 13.5. The molecule has 3 nitrogen and oxygen atoms in total. The van der Waals surface area contributed by atoms with Crippen LogP contribution in [0.2, 0.25) is 0 Å². The van der Waals surface area contributed by atoms with Gasteiger partial charge in [-0.15, -0.1) is 0 Å². The molecule has 0 fully saturated rings. The molecule has 3 heteroatoms. The number of nitrogens with zero attached hydrogens (tertiary/aromatic N) is 1. The van der Waals surface area contributed by atoms with Crippen LogP contribution in [0.25, 0.3) is 10.9 Å². The molecule has 92 valence electrons. The van der Waals surface area contributed by atoms with Gasteiger partial charge in [0.1, 0.15) is 5.75 Å². The molecule has 1 unspecified atom stereocenters. The molecule has 0 aliphatic rings. The highest BCUT2D eigenvalue weighted by molar-refractivity contribution is 5.83. The van der Waals surface area contributed by atoms with Crippen molar-refractivity contribution in [1.29, 1.82) is 0 Å². The molecule has 1 atom stereocenters. The fourth-order valence-electron chi connectivity index (χ4n) is 2.29. The van der Waals surface area contributed by atoms with E-state index in [-0.39, 0.29) is 18.3 Å². The van der Waals surface area contributed by atoms with Crippen LogP contribution < -0.4 is 0 Å². The lowest BCUT2D eigenvalue weighted by Gasteiger charge is -2.18. The number of aliphatic hydroxyl groups excluding tert-OH is 1. The van der Waals surface area contributed by atoms with E-state index in [0.717, 1.165) is 16.6 Å². The van der Waals surface area contributed by atoms with E-state index in [9.17, 15) is 10.2 Å². The van der Waals surface area contributed by atoms with E-state index in [1.54, 1.807) is 12.1 Å². The van der Waals surface area contributed by atoms with E-state index in [0.29, 0.717) is 6.04 Å². The van der Waals surface area contributed by atoms with Gasteiger partial charge in [0.05, 0.1) is 6.61 Å². The summed E-state index contributed by atoms with van der Waals surface area (Å²) in [5, 5.41) is 19.8. The van der Waals surface area contributed by atoms with Crippen LogP contribution in [0.3, 0.4) is 0 Å². The number of aromatic nitrogens is 1. The van der Waals surface area contributed by atoms with Crippen LogP contribution in [0.4, 0.5) is 0 Å². The largest absolute Gasteiger partial charge is 0.508 e. The zero-order valence-electron chi connectivity index (χ0n) is 10.5. The molecule has 0 saturated carbocycles. The van der Waals surface area contributed by atoms with Gasteiger partial charge < -0.3 is 14.8 Å². The fourth-order valence-corrected chi connectivity index (χ4v) is 2.29. The van der Waals surface area contributed by atoms with Gasteiger partial charge in [0.2, 0.25) is 0 Å². The average Bonchev–Trinajstić information content (AvgIpc) is 2.66. The van der Waals surface area contributed by atoms with Crippen molar-refractivity contribution in [2.24, 2.45) is 0 Å². The van der Waals surface area contributed by atoms with Gasteiger partial charge in [-0.05, 0) is 38.1 Å². The Morgan fingerprint density at radius 3 is 2.47 bits per heavy atom. The zero-order valence-corrected chi connectivity index (χ0v) is 10.5. The average molecular weight is 233 g/mol. The first-order valence-electron chi connectivity index (χ1n) is 5.99. The van der Waals surface area contributed by atoms with Crippen LogP contribution in [0.5, 0.6) is 5.75 Å². The maximum absolute atomic E-state index is 9.51. The van der Waals surface area contributed by atoms with Crippen molar-refractivity contribution in [3.05, 3.63) is 30.0 Å². The first kappa shape index (κ1) is 12.0. The lowest BCUT2D eigenvalue weighted by molar-refractivity contribution is 0.268. The minimum Gasteiger partial charge on any atom is -0.508 e. The summed E-state index contributed by atoms with van der Waals surface area (Å²) in [4.78, 5) is 0. The molecule has 1 aromatic carbocycles. The summed E-state index contributed by atoms with van der Waals surface area (Å²) in [5.74, 6) is 0.383. The molecule has 2 N–H and O–H groups in total. The Balaban J connectivity index is 2.70. The third kappa shape index (κ3) is 2.03. The second-order valence-electron chi connectivity index (χ2n) is 4.86. The van der Waals surface area contributed by atoms with Crippen LogP contribution in [-0.4, -0.2) is 21.4 Å². The lowest BCUT2D eigenvalue weighted by atomic mass is 10.1. The van der Waals surface area contributed by atoms with Crippen LogP contribution in [0, 0.1) is 0 Å². The molecule has 0 bridgehead atoms. The predicted octanol–water partition coefficient (Wildman–Crippen LogP) is 3.02. The molecular weight excluding hydrogens is 214 g/mol. The van der Waals surface area contributed by atoms with Gasteiger partial charge in [0.15, 0.2) is 0 Å². The summed E-state index contributed by atoms with van der Waals surface area (Å²) < 4.78 is 2.22. The number of hydrogen-bond acceptors (Lipinski definition) is 2. The lowest BCUT2D eigenvalue weighted by Crippen LogP contribution is -2.10. The van der Waals surface area contributed by atoms with Crippen molar-refractivity contribution in [1.82, 2.24) is 4.57 Å². The number of phenols is 1. The Hall–Kier alpha value is -1.48. The highest BCUT2D eigenvalue weighted by Crippen LogP contribution is 2.30. The second-order valence-corrected chi connectivity index (χ2v) is 4.86. The number of aromatic hydroxyl groups is 1. The molecule has 1 aromatic heterocycles. The molecule has 0 radical (unpaired) electrons. The zero-order chi connectivity index (χ0) is 12.6. The molecule has 0 saturated heterocycles. The van der Waals surface area contributed by atoms with Gasteiger partial charge >= 0.3 is 0 Å². The van der Waals surface area contributed by atoms with Crippen LogP contribution in [-0.2, 0) is 0 Å². The van der Waals surface area contributed by atoms with Crippen molar-refractivity contribution in [2.75, 3.05) is 6.61 Å². The van der Waals surface area contributed by atoms with Gasteiger partial charge in [-0.1, -0.05) is 6.92 Å². The summed E-state index contributed by atoms with van der Waals surface area (Å²) in [6.45, 7) is 6.39. The molecule has 17 heavy (non-hydrogen) atoms. The number of fused-ring (bicyclic) bond motifs is 1. The smallest absolute Gasteiger partial charge is 0.116 e. The quantitative estimate of drug-likeness (QED) is 0.856. The number of aliphatic hydroxyl groups is 1. The minimum atomic E-state index is 0.104. The van der Waals surface area contributed by atoms with Gasteiger partial charge in [-0.25, -0.2) is 0 Å². The Bertz CT molecular complexity index is 528. The van der Waals surface area contributed by atoms with Crippen molar-refractivity contribution < 1.29 is 10.2 Å². The number of benzene rings is 1. The van der Waals surface area contributed by atoms with Crippen LogP contribution in [0.15, 0.2) is 24.3 Å².